The first kappa shape index (κ1) is 12.7. The highest BCUT2D eigenvalue weighted by molar-refractivity contribution is 5.66. The van der Waals surface area contributed by atoms with E-state index in [9.17, 15) is 4.79 Å². The molecule has 0 heterocycles. The van der Waals surface area contributed by atoms with Crippen LogP contribution in [0.4, 0.5) is 0 Å². The zero-order chi connectivity index (χ0) is 11.6. The van der Waals surface area contributed by atoms with Crippen LogP contribution in [0, 0.1) is 0 Å². The lowest BCUT2D eigenvalue weighted by molar-refractivity contribution is -0.137. The molecule has 0 radical (unpaired) electrons. The summed E-state index contributed by atoms with van der Waals surface area (Å²) in [6, 6.07) is 10.2. The summed E-state index contributed by atoms with van der Waals surface area (Å²) >= 11 is 0. The van der Waals surface area contributed by atoms with Gasteiger partial charge in [0.05, 0.1) is 6.61 Å². The summed E-state index contributed by atoms with van der Waals surface area (Å²) in [5.74, 6) is -0.732. The van der Waals surface area contributed by atoms with Crippen molar-refractivity contribution in [2.75, 3.05) is 13.2 Å². The van der Waals surface area contributed by atoms with Gasteiger partial charge in [0.25, 0.3) is 0 Å². The number of unbranched alkanes of at least 4 members (excludes halogenated alkanes) is 1. The number of aliphatic carboxylic acids is 1. The van der Waals surface area contributed by atoms with Crippen molar-refractivity contribution >= 4 is 5.97 Å². The van der Waals surface area contributed by atoms with Crippen LogP contribution in [0.5, 0.6) is 0 Å². The number of carboxylic acid groups (broad SMARTS) is 1. The quantitative estimate of drug-likeness (QED) is 0.687. The van der Waals surface area contributed by atoms with Crippen LogP contribution >= 0.6 is 0 Å². The van der Waals surface area contributed by atoms with Gasteiger partial charge >= 0.3 is 5.97 Å². The van der Waals surface area contributed by atoms with E-state index in [4.69, 9.17) is 9.84 Å². The maximum Gasteiger partial charge on any atom is 0.303 e. The first-order valence-electron chi connectivity index (χ1n) is 5.62. The smallest absolute Gasteiger partial charge is 0.303 e. The van der Waals surface area contributed by atoms with E-state index in [1.54, 1.807) is 0 Å². The van der Waals surface area contributed by atoms with Crippen LogP contribution in [-0.4, -0.2) is 24.3 Å². The third-order valence-corrected chi connectivity index (χ3v) is 2.31. The third-order valence-electron chi connectivity index (χ3n) is 2.31. The molecule has 0 saturated heterocycles. The average Bonchev–Trinajstić information content (AvgIpc) is 2.29. The standard InChI is InChI=1S/C13H18O3/c14-13(15)8-4-5-10-16-11-9-12-6-2-1-3-7-12/h1-3,6-7H,4-5,8-11H2,(H,14,15). The fourth-order valence-electron chi connectivity index (χ4n) is 1.42. The van der Waals surface area contributed by atoms with E-state index < -0.39 is 5.97 Å². The second kappa shape index (κ2) is 7.88. The van der Waals surface area contributed by atoms with Gasteiger partial charge in [-0.15, -0.1) is 0 Å². The zero-order valence-corrected chi connectivity index (χ0v) is 9.39. The molecule has 88 valence electrons. The molecule has 0 aliphatic carbocycles. The molecule has 0 atom stereocenters. The Kier molecular flexibility index (Phi) is 6.26. The molecule has 1 aromatic rings. The fourth-order valence-corrected chi connectivity index (χ4v) is 1.42. The predicted octanol–water partition coefficient (Wildman–Crippen LogP) is 2.50. The van der Waals surface area contributed by atoms with Gasteiger partial charge in [-0.05, 0) is 24.8 Å². The van der Waals surface area contributed by atoms with Gasteiger partial charge < -0.3 is 9.84 Å². The van der Waals surface area contributed by atoms with Crippen molar-refractivity contribution in [1.82, 2.24) is 0 Å². The second-order valence-corrected chi connectivity index (χ2v) is 3.70. The molecule has 0 unspecified atom stereocenters. The Balaban J connectivity index is 1.94. The molecule has 0 bridgehead atoms. The summed E-state index contributed by atoms with van der Waals surface area (Å²) in [4.78, 5) is 10.2. The molecule has 0 fully saturated rings. The van der Waals surface area contributed by atoms with Crippen LogP contribution < -0.4 is 0 Å². The summed E-state index contributed by atoms with van der Waals surface area (Å²) < 4.78 is 5.43. The second-order valence-electron chi connectivity index (χ2n) is 3.70. The minimum atomic E-state index is -0.732. The highest BCUT2D eigenvalue weighted by atomic mass is 16.5. The summed E-state index contributed by atoms with van der Waals surface area (Å²) in [5, 5.41) is 8.42. The van der Waals surface area contributed by atoms with Crippen LogP contribution in [-0.2, 0) is 16.0 Å². The molecule has 3 heteroatoms. The van der Waals surface area contributed by atoms with Crippen molar-refractivity contribution in [3.05, 3.63) is 35.9 Å². The molecular formula is C13H18O3. The van der Waals surface area contributed by atoms with E-state index in [1.807, 2.05) is 18.2 Å². The molecule has 0 aliphatic heterocycles. The van der Waals surface area contributed by atoms with Crippen molar-refractivity contribution < 1.29 is 14.6 Å². The Bertz CT molecular complexity index is 295. The Morgan fingerprint density at radius 1 is 1.12 bits per heavy atom. The normalized spacial score (nSPS) is 10.2. The van der Waals surface area contributed by atoms with E-state index in [2.05, 4.69) is 12.1 Å². The van der Waals surface area contributed by atoms with Crippen molar-refractivity contribution in [1.29, 1.82) is 0 Å². The largest absolute Gasteiger partial charge is 0.481 e. The van der Waals surface area contributed by atoms with E-state index in [1.165, 1.54) is 5.56 Å². The minimum Gasteiger partial charge on any atom is -0.481 e. The number of rotatable bonds is 8. The summed E-state index contributed by atoms with van der Waals surface area (Å²) in [5.41, 5.74) is 1.27. The minimum absolute atomic E-state index is 0.238. The molecule has 0 aromatic heterocycles. The van der Waals surface area contributed by atoms with Crippen molar-refractivity contribution in [2.24, 2.45) is 0 Å². The number of carbonyl (C=O) groups is 1. The maximum absolute atomic E-state index is 10.2. The Labute approximate surface area is 96.1 Å². The lowest BCUT2D eigenvalue weighted by Crippen LogP contribution is -2.01. The molecule has 1 rings (SSSR count). The van der Waals surface area contributed by atoms with Gasteiger partial charge in [-0.25, -0.2) is 0 Å². The topological polar surface area (TPSA) is 46.5 Å². The number of ether oxygens (including phenoxy) is 1. The number of benzene rings is 1. The van der Waals surface area contributed by atoms with E-state index >= 15 is 0 Å². The average molecular weight is 222 g/mol. The van der Waals surface area contributed by atoms with Gasteiger partial charge in [0, 0.05) is 13.0 Å². The van der Waals surface area contributed by atoms with Gasteiger partial charge in [0.1, 0.15) is 0 Å². The van der Waals surface area contributed by atoms with Gasteiger partial charge in [-0.2, -0.15) is 0 Å². The Hall–Kier alpha value is -1.35. The SMILES string of the molecule is O=C(O)CCCCOCCc1ccccc1. The maximum atomic E-state index is 10.2. The molecule has 0 aliphatic rings. The highest BCUT2D eigenvalue weighted by Gasteiger charge is 1.96. The van der Waals surface area contributed by atoms with Crippen LogP contribution in [0.3, 0.4) is 0 Å². The van der Waals surface area contributed by atoms with Gasteiger partial charge in [0.15, 0.2) is 0 Å². The van der Waals surface area contributed by atoms with Crippen molar-refractivity contribution in [3.8, 4) is 0 Å². The number of carboxylic acids is 1. The van der Waals surface area contributed by atoms with Crippen molar-refractivity contribution in [3.63, 3.8) is 0 Å². The van der Waals surface area contributed by atoms with E-state index in [0.717, 1.165) is 12.8 Å². The molecular weight excluding hydrogens is 204 g/mol. The van der Waals surface area contributed by atoms with Crippen LogP contribution in [0.25, 0.3) is 0 Å². The molecule has 1 N–H and O–H groups in total. The lowest BCUT2D eigenvalue weighted by Gasteiger charge is -2.03. The van der Waals surface area contributed by atoms with Gasteiger partial charge in [0.2, 0.25) is 0 Å². The number of hydrogen-bond donors (Lipinski definition) is 1. The first-order chi connectivity index (χ1) is 7.79. The Morgan fingerprint density at radius 3 is 2.56 bits per heavy atom. The molecule has 0 amide bonds. The van der Waals surface area contributed by atoms with Gasteiger partial charge in [-0.3, -0.25) is 4.79 Å². The number of hydrogen-bond acceptors (Lipinski definition) is 2. The van der Waals surface area contributed by atoms with Crippen LogP contribution in [0.1, 0.15) is 24.8 Å². The first-order valence-corrected chi connectivity index (χ1v) is 5.62. The van der Waals surface area contributed by atoms with Crippen molar-refractivity contribution in [2.45, 2.75) is 25.7 Å². The van der Waals surface area contributed by atoms with Gasteiger partial charge in [-0.1, -0.05) is 30.3 Å². The zero-order valence-electron chi connectivity index (χ0n) is 9.39. The fraction of sp³-hybridized carbons (Fsp3) is 0.462. The third kappa shape index (κ3) is 6.19. The van der Waals surface area contributed by atoms with Crippen LogP contribution in [0.2, 0.25) is 0 Å². The molecule has 3 nitrogen and oxygen atoms in total. The molecule has 1 aromatic carbocycles. The lowest BCUT2D eigenvalue weighted by atomic mass is 10.2. The Morgan fingerprint density at radius 2 is 1.88 bits per heavy atom. The summed E-state index contributed by atoms with van der Waals surface area (Å²) in [6.45, 7) is 1.36. The summed E-state index contributed by atoms with van der Waals surface area (Å²) in [6.07, 6.45) is 2.67. The predicted molar refractivity (Wildman–Crippen MR) is 62.5 cm³/mol. The molecule has 0 saturated carbocycles. The highest BCUT2D eigenvalue weighted by Crippen LogP contribution is 2.01. The monoisotopic (exact) mass is 222 g/mol. The summed E-state index contributed by atoms with van der Waals surface area (Å²) in [7, 11) is 0. The molecule has 0 spiro atoms. The van der Waals surface area contributed by atoms with E-state index in [-0.39, 0.29) is 6.42 Å². The van der Waals surface area contributed by atoms with Crippen LogP contribution in [0.15, 0.2) is 30.3 Å². The molecule has 16 heavy (non-hydrogen) atoms. The van der Waals surface area contributed by atoms with E-state index in [0.29, 0.717) is 19.6 Å².